The van der Waals surface area contributed by atoms with Gasteiger partial charge in [0.2, 0.25) is 0 Å². The number of H-pyrrole nitrogens is 1. The molecule has 2 heterocycles. The average molecular weight is 556 g/mol. The maximum absolute atomic E-state index is 14.6. The summed E-state index contributed by atoms with van der Waals surface area (Å²) >= 11 is 0. The highest BCUT2D eigenvalue weighted by atomic mass is 19.1. The molecule has 3 aromatic rings. The van der Waals surface area contributed by atoms with Crippen molar-refractivity contribution in [2.75, 3.05) is 32.5 Å². The molecule has 3 rings (SSSR count). The number of hydrogen-bond acceptors (Lipinski definition) is 5. The van der Waals surface area contributed by atoms with Crippen LogP contribution in [-0.2, 0) is 7.05 Å². The molecular weight excluding hydrogens is 513 g/mol. The molecule has 0 aliphatic heterocycles. The molecular formula is C33H42FN7. The van der Waals surface area contributed by atoms with Crippen molar-refractivity contribution < 1.29 is 4.39 Å². The zero-order valence-electron chi connectivity index (χ0n) is 25.3. The largest absolute Gasteiger partial charge is 0.384 e. The van der Waals surface area contributed by atoms with Crippen molar-refractivity contribution in [2.24, 2.45) is 7.05 Å². The van der Waals surface area contributed by atoms with Crippen LogP contribution in [-0.4, -0.2) is 51.8 Å². The van der Waals surface area contributed by atoms with E-state index in [2.05, 4.69) is 50.5 Å². The molecule has 2 aromatic heterocycles. The van der Waals surface area contributed by atoms with Crippen LogP contribution in [0.3, 0.4) is 0 Å². The number of hydrogen-bond donors (Lipinski definition) is 3. The van der Waals surface area contributed by atoms with Crippen molar-refractivity contribution in [2.45, 2.75) is 27.7 Å². The monoisotopic (exact) mass is 555 g/mol. The number of aromatic amines is 1. The van der Waals surface area contributed by atoms with Crippen LogP contribution >= 0.6 is 0 Å². The van der Waals surface area contributed by atoms with Gasteiger partial charge in [0.25, 0.3) is 0 Å². The van der Waals surface area contributed by atoms with E-state index in [0.717, 1.165) is 62.3 Å². The first-order chi connectivity index (χ1) is 19.4. The summed E-state index contributed by atoms with van der Waals surface area (Å²) in [6.07, 6.45) is 9.43. The topological polar surface area (TPSA) is 73.8 Å². The molecule has 216 valence electrons. The Bertz CT molecular complexity index is 1630. The Hall–Kier alpha value is -4.43. The number of allylic oxidation sites excluding steroid dienone is 7. The Labute approximate surface area is 242 Å². The molecule has 0 saturated carbocycles. The third-order valence-electron chi connectivity index (χ3n) is 7.00. The van der Waals surface area contributed by atoms with Gasteiger partial charge in [0.1, 0.15) is 17.3 Å². The fourth-order valence-corrected chi connectivity index (χ4v) is 4.34. The first-order valence-corrected chi connectivity index (χ1v) is 13.5. The van der Waals surface area contributed by atoms with Crippen molar-refractivity contribution in [3.05, 3.63) is 106 Å². The standard InChI is InChI=1S/C33H42FN7/c1-11-12-30(27-17-28(34)19-29(18-27)35-15-16-40(8)9)22(3)24(5)37-25(6)33-23(4)31(38-39-33)14-13-21(2)32-20-36-26(7)41(32)10/h11-14,17-20,35,37-38H,1,4,6,15-16H2,2-3,5,7-10H3/b21-13+,24-22+,30-12+,31-14+. The Morgan fingerprint density at radius 2 is 1.90 bits per heavy atom. The fraction of sp³-hybridized carbons (Fsp3) is 0.273. The highest BCUT2D eigenvalue weighted by Crippen LogP contribution is 2.28. The zero-order chi connectivity index (χ0) is 30.3. The van der Waals surface area contributed by atoms with Crippen molar-refractivity contribution in [1.29, 1.82) is 0 Å². The van der Waals surface area contributed by atoms with Crippen LogP contribution in [0.2, 0.25) is 0 Å². The molecule has 41 heavy (non-hydrogen) atoms. The van der Waals surface area contributed by atoms with Gasteiger partial charge in [-0.3, -0.25) is 5.10 Å². The van der Waals surface area contributed by atoms with E-state index in [1.807, 2.05) is 83.9 Å². The average Bonchev–Trinajstić information content (AvgIpc) is 3.45. The number of likely N-dealkylation sites (N-methyl/N-ethyl adjacent to an activating group) is 1. The fourth-order valence-electron chi connectivity index (χ4n) is 4.34. The van der Waals surface area contributed by atoms with Crippen molar-refractivity contribution in [1.82, 2.24) is 30.0 Å². The molecule has 0 saturated heterocycles. The predicted molar refractivity (Wildman–Crippen MR) is 172 cm³/mol. The van der Waals surface area contributed by atoms with E-state index >= 15 is 0 Å². The molecule has 0 spiro atoms. The minimum absolute atomic E-state index is 0.308. The van der Waals surface area contributed by atoms with Gasteiger partial charge in [0.15, 0.2) is 0 Å². The number of nitrogens with one attached hydrogen (secondary N) is 3. The van der Waals surface area contributed by atoms with Crippen LogP contribution in [0.1, 0.15) is 43.5 Å². The van der Waals surface area contributed by atoms with Gasteiger partial charge in [0.05, 0.1) is 22.9 Å². The molecule has 0 radical (unpaired) electrons. The maximum Gasteiger partial charge on any atom is 0.125 e. The zero-order valence-corrected chi connectivity index (χ0v) is 25.3. The van der Waals surface area contributed by atoms with Crippen LogP contribution in [0.4, 0.5) is 10.1 Å². The van der Waals surface area contributed by atoms with Crippen LogP contribution in [0, 0.1) is 12.7 Å². The Morgan fingerprint density at radius 3 is 2.54 bits per heavy atom. The summed E-state index contributed by atoms with van der Waals surface area (Å²) in [4.78, 5) is 6.44. The molecule has 0 atom stereocenters. The molecule has 0 amide bonds. The number of aryl methyl sites for hydroxylation is 1. The van der Waals surface area contributed by atoms with Crippen LogP contribution in [0.15, 0.2) is 67.1 Å². The van der Waals surface area contributed by atoms with Gasteiger partial charge in [-0.1, -0.05) is 38.0 Å². The second-order valence-corrected chi connectivity index (χ2v) is 10.4. The maximum atomic E-state index is 14.6. The van der Waals surface area contributed by atoms with Gasteiger partial charge in [-0.15, -0.1) is 0 Å². The SMILES string of the molecule is C=C/C=C(\C(C)=C(/C)NC(=C)c1n[nH]/c(=C/C=C(\C)c2cnc(C)n2C)c1=C)c1cc(F)cc(NCCN(C)C)c1. The molecule has 0 aliphatic carbocycles. The summed E-state index contributed by atoms with van der Waals surface area (Å²) in [6.45, 7) is 21.8. The van der Waals surface area contributed by atoms with Crippen LogP contribution in [0.25, 0.3) is 29.5 Å². The van der Waals surface area contributed by atoms with E-state index in [1.54, 1.807) is 6.08 Å². The minimum atomic E-state index is -0.308. The summed E-state index contributed by atoms with van der Waals surface area (Å²) in [7, 11) is 6.00. The highest BCUT2D eigenvalue weighted by Gasteiger charge is 2.12. The summed E-state index contributed by atoms with van der Waals surface area (Å²) < 4.78 is 16.7. The molecule has 0 unspecified atom stereocenters. The first kappa shape index (κ1) is 31.1. The van der Waals surface area contributed by atoms with Crippen molar-refractivity contribution >= 4 is 35.2 Å². The molecule has 0 bridgehead atoms. The summed E-state index contributed by atoms with van der Waals surface area (Å²) in [5.41, 5.74) is 7.47. The Morgan fingerprint density at radius 1 is 1.17 bits per heavy atom. The van der Waals surface area contributed by atoms with Crippen molar-refractivity contribution in [3.8, 4) is 0 Å². The highest BCUT2D eigenvalue weighted by molar-refractivity contribution is 5.82. The van der Waals surface area contributed by atoms with E-state index in [0.29, 0.717) is 17.9 Å². The second kappa shape index (κ2) is 13.8. The number of imidazole rings is 1. The normalized spacial score (nSPS) is 13.4. The number of rotatable bonds is 12. The predicted octanol–water partition coefficient (Wildman–Crippen LogP) is 4.98. The Balaban J connectivity index is 1.85. The number of halogens is 1. The summed E-state index contributed by atoms with van der Waals surface area (Å²) in [5.74, 6) is 0.647. The van der Waals surface area contributed by atoms with E-state index < -0.39 is 0 Å². The molecule has 3 N–H and O–H groups in total. The molecule has 1 aromatic carbocycles. The van der Waals surface area contributed by atoms with Crippen LogP contribution in [0.5, 0.6) is 0 Å². The third kappa shape index (κ3) is 7.83. The molecule has 0 fully saturated rings. The van der Waals surface area contributed by atoms with E-state index in [9.17, 15) is 4.39 Å². The quantitative estimate of drug-likeness (QED) is 0.275. The lowest BCUT2D eigenvalue weighted by Gasteiger charge is -2.17. The Kier molecular flexibility index (Phi) is 10.4. The van der Waals surface area contributed by atoms with E-state index in [-0.39, 0.29) is 5.82 Å². The van der Waals surface area contributed by atoms with Gasteiger partial charge in [-0.2, -0.15) is 5.10 Å². The summed E-state index contributed by atoms with van der Waals surface area (Å²) in [5, 5.41) is 15.7. The van der Waals surface area contributed by atoms with Gasteiger partial charge in [-0.05, 0) is 88.3 Å². The molecule has 7 nitrogen and oxygen atoms in total. The molecule has 8 heteroatoms. The lowest BCUT2D eigenvalue weighted by molar-refractivity contribution is 0.425. The first-order valence-electron chi connectivity index (χ1n) is 13.5. The van der Waals surface area contributed by atoms with Gasteiger partial charge in [-0.25, -0.2) is 9.37 Å². The second-order valence-electron chi connectivity index (χ2n) is 10.4. The number of anilines is 1. The van der Waals surface area contributed by atoms with Gasteiger partial charge in [0, 0.05) is 36.7 Å². The number of benzene rings is 1. The third-order valence-corrected chi connectivity index (χ3v) is 7.00. The summed E-state index contributed by atoms with van der Waals surface area (Å²) in [6, 6.07) is 4.99. The van der Waals surface area contributed by atoms with E-state index in [1.165, 1.54) is 12.1 Å². The molecule has 0 aliphatic rings. The van der Waals surface area contributed by atoms with Gasteiger partial charge < -0.3 is 20.1 Å². The number of aromatic nitrogens is 4. The van der Waals surface area contributed by atoms with Crippen molar-refractivity contribution in [3.63, 3.8) is 0 Å². The van der Waals surface area contributed by atoms with E-state index in [4.69, 9.17) is 0 Å². The van der Waals surface area contributed by atoms with Gasteiger partial charge >= 0.3 is 0 Å². The lowest BCUT2D eigenvalue weighted by Crippen LogP contribution is -2.25. The smallest absolute Gasteiger partial charge is 0.125 e. The minimum Gasteiger partial charge on any atom is -0.384 e. The van der Waals surface area contributed by atoms with Crippen LogP contribution < -0.4 is 21.2 Å². The number of nitrogens with zero attached hydrogens (tertiary/aromatic N) is 4. The lowest BCUT2D eigenvalue weighted by atomic mass is 9.96.